The highest BCUT2D eigenvalue weighted by atomic mass is 19.1. The first-order valence-electron chi connectivity index (χ1n) is 5.58. The summed E-state index contributed by atoms with van der Waals surface area (Å²) in [6.45, 7) is 0.271. The first-order valence-corrected chi connectivity index (χ1v) is 5.58. The first-order chi connectivity index (χ1) is 9.20. The van der Waals surface area contributed by atoms with Crippen LogP contribution >= 0.6 is 0 Å². The van der Waals surface area contributed by atoms with Gasteiger partial charge in [-0.3, -0.25) is 4.79 Å². The molecule has 2 aromatic rings. The molecule has 1 amide bonds. The molecule has 0 radical (unpaired) electrons. The van der Waals surface area contributed by atoms with Gasteiger partial charge in [0.2, 0.25) is 11.8 Å². The molecule has 0 aliphatic heterocycles. The van der Waals surface area contributed by atoms with Crippen LogP contribution in [0.25, 0.3) is 0 Å². The van der Waals surface area contributed by atoms with Crippen LogP contribution in [0.15, 0.2) is 36.7 Å². The van der Waals surface area contributed by atoms with Crippen LogP contribution in [-0.2, 0) is 6.54 Å². The summed E-state index contributed by atoms with van der Waals surface area (Å²) in [4.78, 5) is 19.2. The summed E-state index contributed by atoms with van der Waals surface area (Å²) < 4.78 is 17.7. The Labute approximate surface area is 109 Å². The van der Waals surface area contributed by atoms with E-state index in [4.69, 9.17) is 4.74 Å². The lowest BCUT2D eigenvalue weighted by Crippen LogP contribution is -2.23. The minimum atomic E-state index is -0.620. The van der Waals surface area contributed by atoms with Gasteiger partial charge in [-0.1, -0.05) is 6.07 Å². The number of hydrogen-bond donors (Lipinski definition) is 1. The van der Waals surface area contributed by atoms with Gasteiger partial charge in [0.05, 0.1) is 12.7 Å². The highest BCUT2D eigenvalue weighted by Crippen LogP contribution is 2.13. The number of amides is 1. The van der Waals surface area contributed by atoms with E-state index < -0.39 is 5.95 Å². The molecule has 0 unspecified atom stereocenters. The lowest BCUT2D eigenvalue weighted by molar-refractivity contribution is 0.0950. The van der Waals surface area contributed by atoms with Crippen molar-refractivity contribution in [2.75, 3.05) is 7.11 Å². The molecule has 6 heteroatoms. The van der Waals surface area contributed by atoms with Gasteiger partial charge < -0.3 is 10.1 Å². The fourth-order valence-electron chi connectivity index (χ4n) is 1.53. The van der Waals surface area contributed by atoms with Gasteiger partial charge in [0, 0.05) is 24.5 Å². The summed E-state index contributed by atoms with van der Waals surface area (Å²) >= 11 is 0. The van der Waals surface area contributed by atoms with Gasteiger partial charge in [-0.2, -0.15) is 4.39 Å². The molecule has 0 aromatic carbocycles. The maximum atomic E-state index is 12.6. The van der Waals surface area contributed by atoms with Crippen LogP contribution in [0.5, 0.6) is 5.88 Å². The summed E-state index contributed by atoms with van der Waals surface area (Å²) in [5.74, 6) is -0.496. The third-order valence-corrected chi connectivity index (χ3v) is 2.47. The van der Waals surface area contributed by atoms with Gasteiger partial charge in [-0.25, -0.2) is 9.97 Å². The molecule has 98 valence electrons. The van der Waals surface area contributed by atoms with E-state index in [9.17, 15) is 9.18 Å². The second kappa shape index (κ2) is 5.90. The van der Waals surface area contributed by atoms with Crippen molar-refractivity contribution in [3.8, 4) is 5.88 Å². The molecule has 2 rings (SSSR count). The maximum absolute atomic E-state index is 12.6. The van der Waals surface area contributed by atoms with Crippen LogP contribution in [-0.4, -0.2) is 23.0 Å². The fraction of sp³-hybridized carbons (Fsp3) is 0.154. The van der Waals surface area contributed by atoms with Crippen LogP contribution in [0.4, 0.5) is 4.39 Å². The monoisotopic (exact) mass is 261 g/mol. The van der Waals surface area contributed by atoms with Gasteiger partial charge in [-0.15, -0.1) is 0 Å². The number of hydrogen-bond acceptors (Lipinski definition) is 4. The van der Waals surface area contributed by atoms with Crippen LogP contribution in [0.2, 0.25) is 0 Å². The Hall–Kier alpha value is -2.50. The zero-order valence-corrected chi connectivity index (χ0v) is 10.3. The average Bonchev–Trinajstić information content (AvgIpc) is 2.45. The SMILES string of the molecule is COc1ncccc1CNC(=O)c1ccc(F)nc1. The van der Waals surface area contributed by atoms with E-state index in [0.29, 0.717) is 11.4 Å². The predicted octanol–water partition coefficient (Wildman–Crippen LogP) is 1.55. The second-order valence-corrected chi connectivity index (χ2v) is 3.72. The Morgan fingerprint density at radius 2 is 2.21 bits per heavy atom. The number of carbonyl (C=O) groups is 1. The normalized spacial score (nSPS) is 10.0. The van der Waals surface area contributed by atoms with Gasteiger partial charge in [0.15, 0.2) is 0 Å². The van der Waals surface area contributed by atoms with Crippen molar-refractivity contribution >= 4 is 5.91 Å². The minimum Gasteiger partial charge on any atom is -0.481 e. The number of nitrogens with one attached hydrogen (secondary N) is 1. The molecule has 5 nitrogen and oxygen atoms in total. The fourth-order valence-corrected chi connectivity index (χ4v) is 1.53. The highest BCUT2D eigenvalue weighted by molar-refractivity contribution is 5.93. The molecule has 0 aliphatic carbocycles. The molecule has 1 N–H and O–H groups in total. The van der Waals surface area contributed by atoms with E-state index in [1.165, 1.54) is 19.4 Å². The molecule has 19 heavy (non-hydrogen) atoms. The lowest BCUT2D eigenvalue weighted by atomic mass is 10.2. The van der Waals surface area contributed by atoms with Crippen molar-refractivity contribution in [1.29, 1.82) is 0 Å². The summed E-state index contributed by atoms with van der Waals surface area (Å²) in [6.07, 6.45) is 2.79. The number of rotatable bonds is 4. The quantitative estimate of drug-likeness (QED) is 0.848. The van der Waals surface area contributed by atoms with Gasteiger partial charge in [0.25, 0.3) is 5.91 Å². The van der Waals surface area contributed by atoms with Crippen molar-refractivity contribution in [3.63, 3.8) is 0 Å². The first kappa shape index (κ1) is 12.9. The number of methoxy groups -OCH3 is 1. The molecule has 0 saturated heterocycles. The maximum Gasteiger partial charge on any atom is 0.253 e. The van der Waals surface area contributed by atoms with Crippen LogP contribution < -0.4 is 10.1 Å². The third kappa shape index (κ3) is 3.25. The lowest BCUT2D eigenvalue weighted by Gasteiger charge is -2.08. The summed E-state index contributed by atoms with van der Waals surface area (Å²) in [7, 11) is 1.51. The minimum absolute atomic E-state index is 0.271. The van der Waals surface area contributed by atoms with Crippen molar-refractivity contribution in [3.05, 3.63) is 53.7 Å². The Kier molecular flexibility index (Phi) is 4.02. The topological polar surface area (TPSA) is 64.1 Å². The van der Waals surface area contributed by atoms with E-state index in [-0.39, 0.29) is 12.5 Å². The molecule has 0 bridgehead atoms. The number of carbonyl (C=O) groups excluding carboxylic acids is 1. The Balaban J connectivity index is 2.02. The van der Waals surface area contributed by atoms with Crippen molar-refractivity contribution in [2.24, 2.45) is 0 Å². The summed E-state index contributed by atoms with van der Waals surface area (Å²) in [5.41, 5.74) is 1.05. The van der Waals surface area contributed by atoms with Crippen molar-refractivity contribution in [2.45, 2.75) is 6.54 Å². The number of ether oxygens (including phenoxy) is 1. The Morgan fingerprint density at radius 3 is 2.89 bits per heavy atom. The molecule has 0 saturated carbocycles. The molecular formula is C13H12FN3O2. The zero-order valence-electron chi connectivity index (χ0n) is 10.3. The van der Waals surface area contributed by atoms with E-state index in [1.54, 1.807) is 18.3 Å². The van der Waals surface area contributed by atoms with Crippen LogP contribution in [0.1, 0.15) is 15.9 Å². The average molecular weight is 261 g/mol. The predicted molar refractivity (Wildman–Crippen MR) is 66.2 cm³/mol. The van der Waals surface area contributed by atoms with E-state index in [2.05, 4.69) is 15.3 Å². The van der Waals surface area contributed by atoms with E-state index in [0.717, 1.165) is 11.6 Å². The number of pyridine rings is 2. The molecule has 2 heterocycles. The smallest absolute Gasteiger partial charge is 0.253 e. The van der Waals surface area contributed by atoms with Crippen LogP contribution in [0, 0.1) is 5.95 Å². The zero-order chi connectivity index (χ0) is 13.7. The second-order valence-electron chi connectivity index (χ2n) is 3.72. The summed E-state index contributed by atoms with van der Waals surface area (Å²) in [5, 5.41) is 2.69. The number of aromatic nitrogens is 2. The molecular weight excluding hydrogens is 249 g/mol. The Bertz CT molecular complexity index is 572. The van der Waals surface area contributed by atoms with Crippen molar-refractivity contribution in [1.82, 2.24) is 15.3 Å². The molecule has 0 aliphatic rings. The highest BCUT2D eigenvalue weighted by Gasteiger charge is 2.08. The van der Waals surface area contributed by atoms with E-state index >= 15 is 0 Å². The van der Waals surface area contributed by atoms with Gasteiger partial charge >= 0.3 is 0 Å². The number of nitrogens with zero attached hydrogens (tertiary/aromatic N) is 2. The number of halogens is 1. The standard InChI is InChI=1S/C13H12FN3O2/c1-19-13-10(3-2-6-15-13)8-17-12(18)9-4-5-11(14)16-7-9/h2-7H,8H2,1H3,(H,17,18). The van der Waals surface area contributed by atoms with Crippen LogP contribution in [0.3, 0.4) is 0 Å². The van der Waals surface area contributed by atoms with Crippen molar-refractivity contribution < 1.29 is 13.9 Å². The Morgan fingerprint density at radius 1 is 1.37 bits per heavy atom. The largest absolute Gasteiger partial charge is 0.481 e. The molecule has 2 aromatic heterocycles. The van der Waals surface area contributed by atoms with Gasteiger partial charge in [-0.05, 0) is 18.2 Å². The molecule has 0 spiro atoms. The van der Waals surface area contributed by atoms with E-state index in [1.807, 2.05) is 0 Å². The third-order valence-electron chi connectivity index (χ3n) is 2.47. The molecule has 0 atom stereocenters. The van der Waals surface area contributed by atoms with Gasteiger partial charge in [0.1, 0.15) is 0 Å². The molecule has 0 fully saturated rings. The summed E-state index contributed by atoms with van der Waals surface area (Å²) in [6, 6.07) is 6.07.